The summed E-state index contributed by atoms with van der Waals surface area (Å²) in [6, 6.07) is 12.5. The Balaban J connectivity index is 2.18. The van der Waals surface area contributed by atoms with Gasteiger partial charge in [0.05, 0.1) is 5.69 Å². The number of benzene rings is 2. The molecule has 0 fully saturated rings. The Labute approximate surface area is 125 Å². The van der Waals surface area contributed by atoms with Gasteiger partial charge in [-0.1, -0.05) is 11.6 Å². The van der Waals surface area contributed by atoms with E-state index in [1.54, 1.807) is 30.3 Å². The molecule has 0 saturated heterocycles. The molecule has 0 unspecified atom stereocenters. The Morgan fingerprint density at radius 3 is 2.47 bits per heavy atom. The van der Waals surface area contributed by atoms with Crippen LogP contribution in [0.4, 0.5) is 11.4 Å². The number of nitrogens with one attached hydrogen (secondary N) is 2. The zero-order valence-corrected chi connectivity index (χ0v) is 12.5. The molecule has 0 bridgehead atoms. The summed E-state index contributed by atoms with van der Waals surface area (Å²) in [6.07, 6.45) is 0. The molecule has 0 saturated carbocycles. The number of hydrogen-bond acceptors (Lipinski definition) is 2. The van der Waals surface area contributed by atoms with Gasteiger partial charge in [0.15, 0.2) is 0 Å². The van der Waals surface area contributed by atoms with Gasteiger partial charge >= 0.3 is 0 Å². The molecule has 2 rings (SSSR count). The van der Waals surface area contributed by atoms with E-state index in [9.17, 15) is 4.79 Å². The predicted octanol–water partition coefficient (Wildman–Crippen LogP) is 4.40. The molecule has 0 spiro atoms. The fourth-order valence-electron chi connectivity index (χ4n) is 1.58. The minimum atomic E-state index is -0.175. The molecule has 0 heterocycles. The molecule has 0 radical (unpaired) electrons. The van der Waals surface area contributed by atoms with Gasteiger partial charge in [-0.15, -0.1) is 0 Å². The van der Waals surface area contributed by atoms with Crippen LogP contribution in [-0.4, -0.2) is 13.0 Å². The summed E-state index contributed by atoms with van der Waals surface area (Å²) in [5.74, 6) is -0.175. The van der Waals surface area contributed by atoms with E-state index in [2.05, 4.69) is 26.6 Å². The van der Waals surface area contributed by atoms with Crippen LogP contribution in [0.25, 0.3) is 0 Å². The van der Waals surface area contributed by atoms with E-state index in [0.29, 0.717) is 16.3 Å². The third-order valence-corrected chi connectivity index (χ3v) is 3.54. The average molecular weight is 340 g/mol. The number of carbonyl (C=O) groups is 1. The van der Waals surface area contributed by atoms with Gasteiger partial charge in [0.2, 0.25) is 0 Å². The summed E-state index contributed by atoms with van der Waals surface area (Å²) in [5.41, 5.74) is 2.20. The standard InChI is InChI=1S/C14H12BrClN2O/c1-17-11-5-2-9(3-6-11)14(19)18-13-8-10(16)4-7-12(13)15/h2-8,17H,1H3,(H,18,19). The highest BCUT2D eigenvalue weighted by molar-refractivity contribution is 9.10. The molecule has 3 nitrogen and oxygen atoms in total. The van der Waals surface area contributed by atoms with Crippen LogP contribution in [-0.2, 0) is 0 Å². The number of amides is 1. The fourth-order valence-corrected chi connectivity index (χ4v) is 2.09. The van der Waals surface area contributed by atoms with Gasteiger partial charge in [-0.25, -0.2) is 0 Å². The number of halogens is 2. The van der Waals surface area contributed by atoms with Crippen molar-refractivity contribution in [2.45, 2.75) is 0 Å². The molecule has 5 heteroatoms. The minimum Gasteiger partial charge on any atom is -0.388 e. The lowest BCUT2D eigenvalue weighted by Gasteiger charge is -2.08. The van der Waals surface area contributed by atoms with Gasteiger partial charge in [0, 0.05) is 27.8 Å². The Bertz CT molecular complexity index is 599. The average Bonchev–Trinajstić information content (AvgIpc) is 2.43. The monoisotopic (exact) mass is 338 g/mol. The van der Waals surface area contributed by atoms with Crippen molar-refractivity contribution in [3.05, 3.63) is 57.5 Å². The lowest BCUT2D eigenvalue weighted by Crippen LogP contribution is -2.12. The molecule has 2 aromatic rings. The maximum absolute atomic E-state index is 12.1. The molecule has 0 aliphatic heterocycles. The molecule has 0 aliphatic rings. The quantitative estimate of drug-likeness (QED) is 0.870. The van der Waals surface area contributed by atoms with Gasteiger partial charge in [-0.05, 0) is 58.4 Å². The first-order valence-electron chi connectivity index (χ1n) is 5.64. The molecule has 0 atom stereocenters. The topological polar surface area (TPSA) is 41.1 Å². The van der Waals surface area contributed by atoms with Crippen LogP contribution >= 0.6 is 27.5 Å². The lowest BCUT2D eigenvalue weighted by atomic mass is 10.2. The first kappa shape index (κ1) is 13.9. The number of rotatable bonds is 3. The van der Waals surface area contributed by atoms with Crippen LogP contribution in [0.3, 0.4) is 0 Å². The van der Waals surface area contributed by atoms with Crippen LogP contribution < -0.4 is 10.6 Å². The summed E-state index contributed by atoms with van der Waals surface area (Å²) in [6.45, 7) is 0. The Morgan fingerprint density at radius 2 is 1.84 bits per heavy atom. The first-order chi connectivity index (χ1) is 9.10. The number of hydrogen-bond donors (Lipinski definition) is 2. The molecule has 2 N–H and O–H groups in total. The fraction of sp³-hybridized carbons (Fsp3) is 0.0714. The number of anilines is 2. The molecule has 19 heavy (non-hydrogen) atoms. The van der Waals surface area contributed by atoms with Gasteiger partial charge in [0.25, 0.3) is 5.91 Å². The van der Waals surface area contributed by atoms with Crippen molar-refractivity contribution in [1.29, 1.82) is 0 Å². The highest BCUT2D eigenvalue weighted by Gasteiger charge is 2.08. The van der Waals surface area contributed by atoms with Crippen molar-refractivity contribution < 1.29 is 4.79 Å². The molecule has 98 valence electrons. The van der Waals surface area contributed by atoms with E-state index in [1.165, 1.54) is 0 Å². The highest BCUT2D eigenvalue weighted by atomic mass is 79.9. The molecule has 0 aliphatic carbocycles. The second-order valence-electron chi connectivity index (χ2n) is 3.91. The minimum absolute atomic E-state index is 0.175. The van der Waals surface area contributed by atoms with E-state index >= 15 is 0 Å². The van der Waals surface area contributed by atoms with Crippen LogP contribution in [0.5, 0.6) is 0 Å². The maximum atomic E-state index is 12.1. The third kappa shape index (κ3) is 3.49. The Morgan fingerprint density at radius 1 is 1.16 bits per heavy atom. The zero-order valence-electron chi connectivity index (χ0n) is 10.2. The van der Waals surface area contributed by atoms with Gasteiger partial charge in [-0.2, -0.15) is 0 Å². The smallest absolute Gasteiger partial charge is 0.255 e. The molecule has 0 aromatic heterocycles. The second-order valence-corrected chi connectivity index (χ2v) is 5.20. The van der Waals surface area contributed by atoms with Crippen LogP contribution in [0.1, 0.15) is 10.4 Å². The van der Waals surface area contributed by atoms with Crippen molar-refractivity contribution >= 4 is 44.8 Å². The SMILES string of the molecule is CNc1ccc(C(=O)Nc2cc(Cl)ccc2Br)cc1. The predicted molar refractivity (Wildman–Crippen MR) is 83.1 cm³/mol. The molecular weight excluding hydrogens is 328 g/mol. The second kappa shape index (κ2) is 6.08. The third-order valence-electron chi connectivity index (χ3n) is 2.61. The first-order valence-corrected chi connectivity index (χ1v) is 6.81. The van der Waals surface area contributed by atoms with Crippen molar-refractivity contribution in [2.24, 2.45) is 0 Å². The summed E-state index contributed by atoms with van der Waals surface area (Å²) < 4.78 is 0.789. The molecule has 1 amide bonds. The maximum Gasteiger partial charge on any atom is 0.255 e. The highest BCUT2D eigenvalue weighted by Crippen LogP contribution is 2.26. The Kier molecular flexibility index (Phi) is 4.45. The van der Waals surface area contributed by atoms with E-state index in [4.69, 9.17) is 11.6 Å². The molecular formula is C14H12BrClN2O. The Hall–Kier alpha value is -1.52. The van der Waals surface area contributed by atoms with Crippen molar-refractivity contribution in [2.75, 3.05) is 17.7 Å². The summed E-state index contributed by atoms with van der Waals surface area (Å²) in [4.78, 5) is 12.1. The van der Waals surface area contributed by atoms with Gasteiger partial charge < -0.3 is 10.6 Å². The zero-order chi connectivity index (χ0) is 13.8. The van der Waals surface area contributed by atoms with Crippen molar-refractivity contribution in [1.82, 2.24) is 0 Å². The normalized spacial score (nSPS) is 10.1. The van der Waals surface area contributed by atoms with Gasteiger partial charge in [-0.3, -0.25) is 4.79 Å². The largest absolute Gasteiger partial charge is 0.388 e. The van der Waals surface area contributed by atoms with Crippen molar-refractivity contribution in [3.63, 3.8) is 0 Å². The van der Waals surface area contributed by atoms with Crippen LogP contribution in [0.2, 0.25) is 5.02 Å². The van der Waals surface area contributed by atoms with Crippen LogP contribution in [0, 0.1) is 0 Å². The summed E-state index contributed by atoms with van der Waals surface area (Å²) in [7, 11) is 1.83. The van der Waals surface area contributed by atoms with Gasteiger partial charge in [0.1, 0.15) is 0 Å². The van der Waals surface area contributed by atoms with E-state index in [-0.39, 0.29) is 5.91 Å². The van der Waals surface area contributed by atoms with Crippen LogP contribution in [0.15, 0.2) is 46.9 Å². The van der Waals surface area contributed by atoms with Crippen molar-refractivity contribution in [3.8, 4) is 0 Å². The van der Waals surface area contributed by atoms with E-state index < -0.39 is 0 Å². The van der Waals surface area contributed by atoms with E-state index in [0.717, 1.165) is 10.2 Å². The van der Waals surface area contributed by atoms with E-state index in [1.807, 2.05) is 19.2 Å². The summed E-state index contributed by atoms with van der Waals surface area (Å²) in [5, 5.41) is 6.39. The summed E-state index contributed by atoms with van der Waals surface area (Å²) >= 11 is 9.28. The number of carbonyl (C=O) groups excluding carboxylic acids is 1. The molecule has 2 aromatic carbocycles. The lowest BCUT2D eigenvalue weighted by molar-refractivity contribution is 0.102.